The number of halogens is 1. The molecule has 2 aromatic rings. The highest BCUT2D eigenvalue weighted by Crippen LogP contribution is 2.33. The number of carbonyl (C=O) groups excluding carboxylic acids is 2. The van der Waals surface area contributed by atoms with Crippen molar-refractivity contribution in [2.45, 2.75) is 5.79 Å². The molecular formula is C18H18FN5O4. The van der Waals surface area contributed by atoms with Crippen LogP contribution in [0.25, 0.3) is 5.69 Å². The first-order valence-corrected chi connectivity index (χ1v) is 8.59. The zero-order valence-corrected chi connectivity index (χ0v) is 15.0. The molecular weight excluding hydrogens is 369 g/mol. The Morgan fingerprint density at radius 2 is 2.04 bits per heavy atom. The van der Waals surface area contributed by atoms with Crippen LogP contribution in [-0.2, 0) is 24.9 Å². The molecule has 1 saturated heterocycles. The van der Waals surface area contributed by atoms with E-state index < -0.39 is 11.6 Å². The predicted octanol–water partition coefficient (Wildman–Crippen LogP) is 0.645. The van der Waals surface area contributed by atoms with E-state index >= 15 is 4.39 Å². The Morgan fingerprint density at radius 1 is 1.25 bits per heavy atom. The lowest BCUT2D eigenvalue weighted by atomic mass is 10.0. The van der Waals surface area contributed by atoms with Gasteiger partial charge in [-0.15, -0.1) is 0 Å². The number of nitrogens with zero attached hydrogens (tertiary/aromatic N) is 4. The minimum absolute atomic E-state index is 0.0444. The van der Waals surface area contributed by atoms with E-state index in [-0.39, 0.29) is 37.1 Å². The van der Waals surface area contributed by atoms with Gasteiger partial charge in [-0.25, -0.2) is 19.2 Å². The molecule has 2 aliphatic heterocycles. The number of benzene rings is 1. The second kappa shape index (κ2) is 7.06. The van der Waals surface area contributed by atoms with E-state index in [1.165, 1.54) is 35.3 Å². The minimum Gasteiger partial charge on any atom is -0.491 e. The number of alkyl halides is 1. The van der Waals surface area contributed by atoms with E-state index in [1.54, 1.807) is 24.3 Å². The maximum absolute atomic E-state index is 16.2. The van der Waals surface area contributed by atoms with Crippen LogP contribution in [0.3, 0.4) is 0 Å². The number of Topliss-reactive ketones (excluding diaryl/α,β-unsaturated/α-hetero) is 1. The van der Waals surface area contributed by atoms with Gasteiger partial charge in [0.25, 0.3) is 17.5 Å². The molecule has 1 fully saturated rings. The Labute approximate surface area is 159 Å². The van der Waals surface area contributed by atoms with Crippen LogP contribution < -0.4 is 5.43 Å². The molecule has 1 aromatic carbocycles. The van der Waals surface area contributed by atoms with Crippen LogP contribution in [0.2, 0.25) is 0 Å². The molecule has 1 unspecified atom stereocenters. The van der Waals surface area contributed by atoms with Crippen molar-refractivity contribution >= 4 is 11.7 Å². The summed E-state index contributed by atoms with van der Waals surface area (Å²) >= 11 is 0. The number of nitrogens with one attached hydrogen (secondary N) is 1. The Balaban J connectivity index is 1.76. The number of morpholine rings is 1. The van der Waals surface area contributed by atoms with Crippen molar-refractivity contribution in [2.24, 2.45) is 0 Å². The quantitative estimate of drug-likeness (QED) is 0.771. The van der Waals surface area contributed by atoms with Gasteiger partial charge in [-0.1, -0.05) is 18.2 Å². The first-order chi connectivity index (χ1) is 13.5. The van der Waals surface area contributed by atoms with Crippen molar-refractivity contribution in [2.75, 3.05) is 26.9 Å². The fourth-order valence-corrected chi connectivity index (χ4v) is 3.11. The van der Waals surface area contributed by atoms with E-state index in [9.17, 15) is 9.59 Å². The molecule has 0 aliphatic carbocycles. The lowest BCUT2D eigenvalue weighted by molar-refractivity contribution is -0.181. The summed E-state index contributed by atoms with van der Waals surface area (Å²) < 4.78 is 27.7. The molecule has 0 spiro atoms. The molecule has 28 heavy (non-hydrogen) atoms. The van der Waals surface area contributed by atoms with Crippen molar-refractivity contribution in [1.29, 1.82) is 0 Å². The number of methoxy groups -OCH3 is 1. The maximum Gasteiger partial charge on any atom is 0.288 e. The number of para-hydroxylation sites is 1. The third kappa shape index (κ3) is 2.92. The topological polar surface area (TPSA) is 88.9 Å². The average molecular weight is 387 g/mol. The van der Waals surface area contributed by atoms with Crippen molar-refractivity contribution < 1.29 is 23.5 Å². The summed E-state index contributed by atoms with van der Waals surface area (Å²) in [5.74, 6) is -4.24. The lowest BCUT2D eigenvalue weighted by Gasteiger charge is -2.42. The van der Waals surface area contributed by atoms with Gasteiger partial charge in [-0.3, -0.25) is 9.59 Å². The zero-order chi connectivity index (χ0) is 19.7. The number of hydrogen-bond donors (Lipinski definition) is 1. The zero-order valence-electron chi connectivity index (χ0n) is 15.0. The highest BCUT2D eigenvalue weighted by molar-refractivity contribution is 6.01. The minimum atomic E-state index is -2.70. The summed E-state index contributed by atoms with van der Waals surface area (Å²) in [6, 6.07) is 10.3. The van der Waals surface area contributed by atoms with E-state index in [4.69, 9.17) is 9.47 Å². The molecule has 4 rings (SSSR count). The van der Waals surface area contributed by atoms with Gasteiger partial charge in [0.2, 0.25) is 0 Å². The van der Waals surface area contributed by atoms with Crippen LogP contribution in [0.5, 0.6) is 0 Å². The highest BCUT2D eigenvalue weighted by Gasteiger charge is 2.51. The largest absolute Gasteiger partial charge is 0.491 e. The molecule has 1 aromatic heterocycles. The summed E-state index contributed by atoms with van der Waals surface area (Å²) in [5, 5.41) is 6.54. The molecule has 10 heteroatoms. The van der Waals surface area contributed by atoms with Gasteiger partial charge in [-0.05, 0) is 18.2 Å². The third-order valence-corrected chi connectivity index (χ3v) is 4.48. The van der Waals surface area contributed by atoms with Crippen LogP contribution in [0.1, 0.15) is 5.69 Å². The molecule has 0 bridgehead atoms. The Hall–Kier alpha value is -3.24. The number of rotatable bonds is 4. The molecule has 1 atom stereocenters. The van der Waals surface area contributed by atoms with Gasteiger partial charge in [0.1, 0.15) is 12.3 Å². The van der Waals surface area contributed by atoms with Crippen molar-refractivity contribution in [3.05, 3.63) is 60.2 Å². The summed E-state index contributed by atoms with van der Waals surface area (Å²) in [6.07, 6.45) is 2.64. The van der Waals surface area contributed by atoms with E-state index in [0.29, 0.717) is 5.69 Å². The number of carbonyl (C=O) groups is 2. The van der Waals surface area contributed by atoms with Crippen LogP contribution >= 0.6 is 0 Å². The fourth-order valence-electron chi connectivity index (χ4n) is 3.11. The van der Waals surface area contributed by atoms with Crippen LogP contribution in [0, 0.1) is 0 Å². The summed E-state index contributed by atoms with van der Waals surface area (Å²) in [7, 11) is 1.27. The van der Waals surface area contributed by atoms with Crippen molar-refractivity contribution in [3.8, 4) is 5.69 Å². The number of ether oxygens (including phenoxy) is 2. The van der Waals surface area contributed by atoms with Gasteiger partial charge < -0.3 is 9.47 Å². The van der Waals surface area contributed by atoms with Crippen molar-refractivity contribution in [1.82, 2.24) is 25.3 Å². The van der Waals surface area contributed by atoms with Gasteiger partial charge in [-0.2, -0.15) is 10.5 Å². The van der Waals surface area contributed by atoms with E-state index in [2.05, 4.69) is 10.5 Å². The molecule has 2 aliphatic rings. The third-order valence-electron chi connectivity index (χ3n) is 4.48. The lowest BCUT2D eigenvalue weighted by Crippen LogP contribution is -2.64. The normalized spacial score (nSPS) is 23.0. The number of hydrazine groups is 2. The Morgan fingerprint density at radius 3 is 2.75 bits per heavy atom. The second-order valence-corrected chi connectivity index (χ2v) is 6.17. The summed E-state index contributed by atoms with van der Waals surface area (Å²) in [6.45, 7) is 0.348. The van der Waals surface area contributed by atoms with E-state index in [1.807, 2.05) is 6.07 Å². The number of ketones is 1. The Kier molecular flexibility index (Phi) is 4.57. The number of amides is 1. The molecule has 9 nitrogen and oxygen atoms in total. The standard InChI is InChI=1S/C18H18FN5O4/c1-27-14-11-23(22-9-10-28-12-16(22)25)21-18(19,17(14)26)15-7-8-20-24(15)13-5-3-2-4-6-13/h2-8,11,21H,9-10,12H2,1H3. The van der Waals surface area contributed by atoms with Crippen molar-refractivity contribution in [3.63, 3.8) is 0 Å². The predicted molar refractivity (Wildman–Crippen MR) is 94.0 cm³/mol. The molecule has 1 amide bonds. The monoisotopic (exact) mass is 387 g/mol. The van der Waals surface area contributed by atoms with E-state index in [0.717, 1.165) is 5.12 Å². The first kappa shape index (κ1) is 18.1. The average Bonchev–Trinajstić information content (AvgIpc) is 3.22. The molecule has 0 radical (unpaired) electrons. The van der Waals surface area contributed by atoms with Gasteiger partial charge in [0.05, 0.1) is 32.1 Å². The Bertz CT molecular complexity index is 931. The molecule has 3 heterocycles. The first-order valence-electron chi connectivity index (χ1n) is 8.59. The van der Waals surface area contributed by atoms with Crippen LogP contribution in [-0.4, -0.2) is 58.5 Å². The van der Waals surface area contributed by atoms with Gasteiger partial charge >= 0.3 is 0 Å². The maximum atomic E-state index is 16.2. The number of hydrogen-bond acceptors (Lipinski definition) is 7. The van der Waals surface area contributed by atoms with Gasteiger partial charge in [0.15, 0.2) is 5.76 Å². The van der Waals surface area contributed by atoms with Crippen LogP contribution in [0.4, 0.5) is 4.39 Å². The summed E-state index contributed by atoms with van der Waals surface area (Å²) in [4.78, 5) is 25.0. The SMILES string of the molecule is COC1=CN(N2CCOCC2=O)NC(F)(c2ccnn2-c2ccccc2)C1=O. The molecule has 0 saturated carbocycles. The number of aromatic nitrogens is 2. The summed E-state index contributed by atoms with van der Waals surface area (Å²) in [5.41, 5.74) is 3.04. The van der Waals surface area contributed by atoms with Gasteiger partial charge in [0, 0.05) is 6.20 Å². The fraction of sp³-hybridized carbons (Fsp3) is 0.278. The highest BCUT2D eigenvalue weighted by atomic mass is 19.1. The molecule has 146 valence electrons. The second-order valence-electron chi connectivity index (χ2n) is 6.17. The van der Waals surface area contributed by atoms with Crippen LogP contribution in [0.15, 0.2) is 54.6 Å². The molecule has 1 N–H and O–H groups in total. The smallest absolute Gasteiger partial charge is 0.288 e.